The topological polar surface area (TPSA) is 118 Å². The van der Waals surface area contributed by atoms with Crippen molar-refractivity contribution in [3.8, 4) is 0 Å². The Morgan fingerprint density at radius 1 is 1.19 bits per heavy atom. The van der Waals surface area contributed by atoms with Crippen molar-refractivity contribution in [3.63, 3.8) is 0 Å². The highest BCUT2D eigenvalue weighted by molar-refractivity contribution is 9.10. The first-order valence-corrected chi connectivity index (χ1v) is 8.64. The van der Waals surface area contributed by atoms with Gasteiger partial charge in [-0.15, -0.1) is 5.10 Å². The van der Waals surface area contributed by atoms with E-state index in [0.29, 0.717) is 10.6 Å². The van der Waals surface area contributed by atoms with Gasteiger partial charge in [-0.2, -0.15) is 0 Å². The van der Waals surface area contributed by atoms with Gasteiger partial charge >= 0.3 is 5.82 Å². The molecular formula is C17H10BrClN4O4. The number of aromatic nitrogens is 2. The van der Waals surface area contributed by atoms with E-state index in [2.05, 4.69) is 31.4 Å². The van der Waals surface area contributed by atoms with Gasteiger partial charge in [-0.25, -0.2) is 0 Å². The second-order valence-corrected chi connectivity index (χ2v) is 6.56. The Bertz CT molecular complexity index is 1050. The summed E-state index contributed by atoms with van der Waals surface area (Å²) >= 11 is 8.98. The molecule has 2 aromatic carbocycles. The minimum Gasteiger partial charge on any atom is -0.358 e. The van der Waals surface area contributed by atoms with Gasteiger partial charge in [-0.05, 0) is 39.1 Å². The number of hydrogen-bond acceptors (Lipinski definition) is 5. The molecule has 0 fully saturated rings. The summed E-state index contributed by atoms with van der Waals surface area (Å²) < 4.78 is -0.0881. The van der Waals surface area contributed by atoms with Crippen molar-refractivity contribution >= 4 is 50.7 Å². The highest BCUT2D eigenvalue weighted by Crippen LogP contribution is 2.28. The molecule has 0 aliphatic rings. The molecule has 0 saturated carbocycles. The maximum absolute atomic E-state index is 12.8. The third-order valence-corrected chi connectivity index (χ3v) is 4.58. The number of ketones is 1. The lowest BCUT2D eigenvalue weighted by Crippen LogP contribution is -2.16. The Hall–Kier alpha value is -3.04. The number of nitrogens with zero attached hydrogens (tertiary/aromatic N) is 2. The van der Waals surface area contributed by atoms with Crippen LogP contribution in [0.25, 0.3) is 0 Å². The quantitative estimate of drug-likeness (QED) is 0.343. The maximum Gasteiger partial charge on any atom is 0.357 e. The first-order chi connectivity index (χ1) is 12.9. The van der Waals surface area contributed by atoms with E-state index in [1.54, 1.807) is 30.3 Å². The molecule has 10 heteroatoms. The fourth-order valence-corrected chi connectivity index (χ4v) is 3.00. The summed E-state index contributed by atoms with van der Waals surface area (Å²) in [5, 5.41) is 19.5. The molecule has 136 valence electrons. The van der Waals surface area contributed by atoms with Gasteiger partial charge in [0.25, 0.3) is 5.91 Å². The van der Waals surface area contributed by atoms with Crippen LogP contribution in [0.4, 0.5) is 11.5 Å². The number of anilines is 1. The molecule has 0 bridgehead atoms. The lowest BCUT2D eigenvalue weighted by molar-refractivity contribution is -0.390. The Labute approximate surface area is 165 Å². The van der Waals surface area contributed by atoms with Crippen molar-refractivity contribution in [3.05, 3.63) is 85.0 Å². The van der Waals surface area contributed by atoms with Crippen LogP contribution in [0.1, 0.15) is 26.4 Å². The van der Waals surface area contributed by atoms with Crippen molar-refractivity contribution in [2.24, 2.45) is 0 Å². The van der Waals surface area contributed by atoms with Crippen LogP contribution in [0.3, 0.4) is 0 Å². The van der Waals surface area contributed by atoms with Gasteiger partial charge in [0.2, 0.25) is 0 Å². The zero-order valence-corrected chi connectivity index (χ0v) is 15.7. The lowest BCUT2D eigenvalue weighted by Gasteiger charge is -2.10. The highest BCUT2D eigenvalue weighted by Gasteiger charge is 2.26. The van der Waals surface area contributed by atoms with Crippen molar-refractivity contribution < 1.29 is 14.5 Å². The summed E-state index contributed by atoms with van der Waals surface area (Å²) in [5.74, 6) is -1.51. The Kier molecular flexibility index (Phi) is 5.33. The van der Waals surface area contributed by atoms with E-state index >= 15 is 0 Å². The van der Waals surface area contributed by atoms with E-state index in [1.165, 1.54) is 18.2 Å². The average Bonchev–Trinajstić information content (AvgIpc) is 3.05. The van der Waals surface area contributed by atoms with Crippen molar-refractivity contribution in [1.82, 2.24) is 10.2 Å². The van der Waals surface area contributed by atoms with Crippen LogP contribution >= 0.6 is 27.5 Å². The number of amides is 1. The van der Waals surface area contributed by atoms with E-state index in [9.17, 15) is 19.7 Å². The number of H-pyrrole nitrogens is 1. The van der Waals surface area contributed by atoms with Crippen molar-refractivity contribution in [2.75, 3.05) is 5.32 Å². The van der Waals surface area contributed by atoms with E-state index in [0.717, 1.165) is 0 Å². The molecule has 27 heavy (non-hydrogen) atoms. The van der Waals surface area contributed by atoms with Crippen LogP contribution < -0.4 is 5.32 Å². The van der Waals surface area contributed by atoms with Crippen LogP contribution in [-0.4, -0.2) is 26.8 Å². The van der Waals surface area contributed by atoms with Crippen molar-refractivity contribution in [2.45, 2.75) is 0 Å². The first kappa shape index (κ1) is 18.7. The number of nitro groups is 1. The molecule has 0 saturated heterocycles. The summed E-state index contributed by atoms with van der Waals surface area (Å²) in [5.41, 5.74) is 0.598. The minimum absolute atomic E-state index is 0.0881. The molecule has 0 aliphatic carbocycles. The van der Waals surface area contributed by atoms with Gasteiger partial charge in [0.15, 0.2) is 11.5 Å². The standard InChI is InChI=1S/C17H10BrClN4O4/c18-13-14(21-22-16(13)23(26)27)17(25)20-12-7-6-10(19)8-11(12)15(24)9-4-2-1-3-5-9/h1-8H,(H,20,25)(H,21,22). The molecule has 0 aliphatic heterocycles. The molecule has 2 N–H and O–H groups in total. The Balaban J connectivity index is 1.95. The van der Waals surface area contributed by atoms with E-state index in [-0.39, 0.29) is 27.2 Å². The minimum atomic E-state index is -0.726. The Morgan fingerprint density at radius 3 is 2.52 bits per heavy atom. The van der Waals surface area contributed by atoms with Crippen LogP contribution in [-0.2, 0) is 0 Å². The zero-order chi connectivity index (χ0) is 19.6. The molecule has 1 heterocycles. The number of halogens is 2. The lowest BCUT2D eigenvalue weighted by atomic mass is 10.0. The third-order valence-electron chi connectivity index (χ3n) is 3.60. The summed E-state index contributed by atoms with van der Waals surface area (Å²) in [4.78, 5) is 35.4. The molecule has 3 rings (SSSR count). The van der Waals surface area contributed by atoms with Gasteiger partial charge in [0.1, 0.15) is 4.47 Å². The van der Waals surface area contributed by atoms with Crippen molar-refractivity contribution in [1.29, 1.82) is 0 Å². The number of hydrogen-bond donors (Lipinski definition) is 2. The molecule has 8 nitrogen and oxygen atoms in total. The Morgan fingerprint density at radius 2 is 1.89 bits per heavy atom. The third kappa shape index (κ3) is 3.88. The smallest absolute Gasteiger partial charge is 0.357 e. The molecule has 0 spiro atoms. The molecule has 3 aromatic rings. The van der Waals surface area contributed by atoms with E-state index < -0.39 is 16.6 Å². The van der Waals surface area contributed by atoms with Crippen LogP contribution in [0.5, 0.6) is 0 Å². The molecule has 1 amide bonds. The summed E-state index contributed by atoms with van der Waals surface area (Å²) in [6.45, 7) is 0. The van der Waals surface area contributed by atoms with Gasteiger partial charge < -0.3 is 15.4 Å². The fourth-order valence-electron chi connectivity index (χ4n) is 2.33. The van der Waals surface area contributed by atoms with Gasteiger partial charge in [0, 0.05) is 16.1 Å². The number of benzene rings is 2. The molecular weight excluding hydrogens is 440 g/mol. The van der Waals surface area contributed by atoms with E-state index in [4.69, 9.17) is 11.6 Å². The average molecular weight is 450 g/mol. The number of nitrogens with one attached hydrogen (secondary N) is 2. The number of carbonyl (C=O) groups is 2. The monoisotopic (exact) mass is 448 g/mol. The fraction of sp³-hybridized carbons (Fsp3) is 0. The summed E-state index contributed by atoms with van der Waals surface area (Å²) in [6.07, 6.45) is 0. The van der Waals surface area contributed by atoms with Gasteiger partial charge in [-0.3, -0.25) is 9.59 Å². The van der Waals surface area contributed by atoms with Crippen LogP contribution in [0.2, 0.25) is 5.02 Å². The molecule has 0 unspecified atom stereocenters. The maximum atomic E-state index is 12.8. The van der Waals surface area contributed by atoms with Gasteiger partial charge in [0.05, 0.1) is 5.69 Å². The zero-order valence-electron chi connectivity index (χ0n) is 13.4. The van der Waals surface area contributed by atoms with Crippen LogP contribution in [0, 0.1) is 10.1 Å². The van der Waals surface area contributed by atoms with Crippen LogP contribution in [0.15, 0.2) is 53.0 Å². The SMILES string of the molecule is O=C(c1ccccc1)c1cc(Cl)ccc1NC(=O)c1n[nH]c([N+](=O)[O-])c1Br. The number of rotatable bonds is 5. The predicted molar refractivity (Wildman–Crippen MR) is 102 cm³/mol. The largest absolute Gasteiger partial charge is 0.358 e. The van der Waals surface area contributed by atoms with Gasteiger partial charge in [-0.1, -0.05) is 47.0 Å². The highest BCUT2D eigenvalue weighted by atomic mass is 79.9. The first-order valence-electron chi connectivity index (χ1n) is 7.47. The second-order valence-electron chi connectivity index (χ2n) is 5.33. The predicted octanol–water partition coefficient (Wildman–Crippen LogP) is 4.22. The normalized spacial score (nSPS) is 10.4. The second kappa shape index (κ2) is 7.68. The summed E-state index contributed by atoms with van der Waals surface area (Å²) in [7, 11) is 0. The number of carbonyl (C=O) groups excluding carboxylic acids is 2. The summed E-state index contributed by atoms with van der Waals surface area (Å²) in [6, 6.07) is 12.9. The molecule has 0 atom stereocenters. The van der Waals surface area contributed by atoms with E-state index in [1.807, 2.05) is 0 Å². The molecule has 0 radical (unpaired) electrons. The number of aromatic amines is 1. The molecule has 1 aromatic heterocycles.